The van der Waals surface area contributed by atoms with Crippen molar-refractivity contribution in [2.75, 3.05) is 20.2 Å². The highest BCUT2D eigenvalue weighted by atomic mass is 79.9. The normalized spacial score (nSPS) is 20.0. The number of hydrogen-bond acceptors (Lipinski definition) is 4. The standard InChI is InChI=1S/C12H15BrN2O3/c1-14-4-2-3-10(14)8-18-12-6-9(13)5-11(7-12)15(16)17/h5-7,10H,2-4,8H2,1H3/t10-/m0/s1. The topological polar surface area (TPSA) is 55.6 Å². The first-order valence-corrected chi connectivity index (χ1v) is 6.63. The summed E-state index contributed by atoms with van der Waals surface area (Å²) in [5.41, 5.74) is 0.0409. The number of benzene rings is 1. The molecular formula is C12H15BrN2O3. The van der Waals surface area contributed by atoms with Crippen LogP contribution >= 0.6 is 15.9 Å². The van der Waals surface area contributed by atoms with Crippen LogP contribution in [0.5, 0.6) is 5.75 Å². The summed E-state index contributed by atoms with van der Waals surface area (Å²) < 4.78 is 6.31. The summed E-state index contributed by atoms with van der Waals surface area (Å²) in [6.07, 6.45) is 2.30. The van der Waals surface area contributed by atoms with Gasteiger partial charge in [-0.3, -0.25) is 10.1 Å². The minimum absolute atomic E-state index is 0.0409. The second kappa shape index (κ2) is 5.67. The summed E-state index contributed by atoms with van der Waals surface area (Å²) in [6.45, 7) is 1.66. The molecule has 2 rings (SSSR count). The van der Waals surface area contributed by atoms with Gasteiger partial charge in [0.1, 0.15) is 12.4 Å². The molecule has 0 spiro atoms. The van der Waals surface area contributed by atoms with E-state index in [2.05, 4.69) is 27.9 Å². The Morgan fingerprint density at radius 1 is 1.56 bits per heavy atom. The molecule has 98 valence electrons. The number of likely N-dealkylation sites (tertiary alicyclic amines) is 1. The molecule has 6 heteroatoms. The molecule has 0 amide bonds. The Labute approximate surface area is 114 Å². The van der Waals surface area contributed by atoms with Gasteiger partial charge in [-0.2, -0.15) is 0 Å². The number of halogens is 1. The van der Waals surface area contributed by atoms with E-state index in [0.717, 1.165) is 13.0 Å². The molecule has 0 aliphatic carbocycles. The van der Waals surface area contributed by atoms with Gasteiger partial charge in [0.2, 0.25) is 0 Å². The zero-order chi connectivity index (χ0) is 13.1. The van der Waals surface area contributed by atoms with Gasteiger partial charge in [-0.1, -0.05) is 15.9 Å². The molecule has 1 aromatic rings. The van der Waals surface area contributed by atoms with Crippen LogP contribution in [0.2, 0.25) is 0 Å². The molecule has 1 aliphatic heterocycles. The van der Waals surface area contributed by atoms with Crippen molar-refractivity contribution < 1.29 is 9.66 Å². The summed E-state index contributed by atoms with van der Waals surface area (Å²) in [5.74, 6) is 0.538. The Bertz CT molecular complexity index is 453. The molecular weight excluding hydrogens is 300 g/mol. The first kappa shape index (κ1) is 13.3. The third-order valence-corrected chi connectivity index (χ3v) is 3.64. The molecule has 0 unspecified atom stereocenters. The number of nitro benzene ring substituents is 1. The summed E-state index contributed by atoms with van der Waals surface area (Å²) in [5, 5.41) is 10.7. The molecule has 18 heavy (non-hydrogen) atoms. The molecule has 1 heterocycles. The molecule has 0 N–H and O–H groups in total. The van der Waals surface area contributed by atoms with Crippen LogP contribution in [0.3, 0.4) is 0 Å². The van der Waals surface area contributed by atoms with Gasteiger partial charge in [0.15, 0.2) is 0 Å². The maximum absolute atomic E-state index is 10.7. The fourth-order valence-electron chi connectivity index (χ4n) is 2.12. The molecule has 1 fully saturated rings. The zero-order valence-corrected chi connectivity index (χ0v) is 11.7. The lowest BCUT2D eigenvalue weighted by Crippen LogP contribution is -2.30. The van der Waals surface area contributed by atoms with Crippen LogP contribution in [-0.2, 0) is 0 Å². The first-order chi connectivity index (χ1) is 8.56. The monoisotopic (exact) mass is 314 g/mol. The third-order valence-electron chi connectivity index (χ3n) is 3.18. The second-order valence-corrected chi connectivity index (χ2v) is 5.41. The lowest BCUT2D eigenvalue weighted by Gasteiger charge is -2.19. The van der Waals surface area contributed by atoms with Gasteiger partial charge in [-0.05, 0) is 32.5 Å². The maximum Gasteiger partial charge on any atom is 0.274 e. The molecule has 1 aliphatic rings. The lowest BCUT2D eigenvalue weighted by molar-refractivity contribution is -0.385. The molecule has 5 nitrogen and oxygen atoms in total. The third kappa shape index (κ3) is 3.20. The molecule has 1 atom stereocenters. The number of likely N-dealkylation sites (N-methyl/N-ethyl adjacent to an activating group) is 1. The minimum Gasteiger partial charge on any atom is -0.492 e. The summed E-state index contributed by atoms with van der Waals surface area (Å²) >= 11 is 3.25. The van der Waals surface area contributed by atoms with Crippen molar-refractivity contribution in [3.8, 4) is 5.75 Å². The Morgan fingerprint density at radius 3 is 2.94 bits per heavy atom. The molecule has 1 aromatic carbocycles. The van der Waals surface area contributed by atoms with Gasteiger partial charge in [-0.15, -0.1) is 0 Å². The zero-order valence-electron chi connectivity index (χ0n) is 10.1. The molecule has 1 saturated heterocycles. The fraction of sp³-hybridized carbons (Fsp3) is 0.500. The van der Waals surface area contributed by atoms with Crippen LogP contribution in [0.15, 0.2) is 22.7 Å². The number of ether oxygens (including phenoxy) is 1. The number of rotatable bonds is 4. The molecule has 0 bridgehead atoms. The van der Waals surface area contributed by atoms with Crippen LogP contribution in [0.25, 0.3) is 0 Å². The number of nitro groups is 1. The predicted molar refractivity (Wildman–Crippen MR) is 71.9 cm³/mol. The van der Waals surface area contributed by atoms with E-state index < -0.39 is 4.92 Å². The Morgan fingerprint density at radius 2 is 2.33 bits per heavy atom. The number of nitrogens with zero attached hydrogens (tertiary/aromatic N) is 2. The van der Waals surface area contributed by atoms with Gasteiger partial charge >= 0.3 is 0 Å². The van der Waals surface area contributed by atoms with E-state index in [9.17, 15) is 10.1 Å². The van der Waals surface area contributed by atoms with Crippen LogP contribution in [0.4, 0.5) is 5.69 Å². The van der Waals surface area contributed by atoms with E-state index in [-0.39, 0.29) is 5.69 Å². The average molecular weight is 315 g/mol. The fourth-order valence-corrected chi connectivity index (χ4v) is 2.58. The summed E-state index contributed by atoms with van der Waals surface area (Å²) in [6, 6.07) is 5.08. The van der Waals surface area contributed by atoms with Crippen molar-refractivity contribution in [2.24, 2.45) is 0 Å². The Kier molecular flexibility index (Phi) is 4.19. The quantitative estimate of drug-likeness (QED) is 0.633. The van der Waals surface area contributed by atoms with Crippen LogP contribution in [-0.4, -0.2) is 36.1 Å². The Hall–Kier alpha value is -1.14. The largest absolute Gasteiger partial charge is 0.492 e. The van der Waals surface area contributed by atoms with Gasteiger partial charge in [0.25, 0.3) is 5.69 Å². The van der Waals surface area contributed by atoms with Crippen molar-refractivity contribution in [1.29, 1.82) is 0 Å². The van der Waals surface area contributed by atoms with Gasteiger partial charge < -0.3 is 9.64 Å². The summed E-state index contributed by atoms with van der Waals surface area (Å²) in [7, 11) is 2.07. The smallest absolute Gasteiger partial charge is 0.274 e. The van der Waals surface area contributed by atoms with Crippen molar-refractivity contribution in [3.05, 3.63) is 32.8 Å². The number of non-ortho nitro benzene ring substituents is 1. The van der Waals surface area contributed by atoms with E-state index in [4.69, 9.17) is 4.74 Å². The highest BCUT2D eigenvalue weighted by molar-refractivity contribution is 9.10. The second-order valence-electron chi connectivity index (χ2n) is 4.49. The van der Waals surface area contributed by atoms with E-state index in [1.165, 1.54) is 18.6 Å². The van der Waals surface area contributed by atoms with Crippen molar-refractivity contribution in [1.82, 2.24) is 4.90 Å². The highest BCUT2D eigenvalue weighted by Crippen LogP contribution is 2.27. The van der Waals surface area contributed by atoms with Crippen LogP contribution < -0.4 is 4.74 Å². The van der Waals surface area contributed by atoms with Crippen molar-refractivity contribution in [3.63, 3.8) is 0 Å². The van der Waals surface area contributed by atoms with E-state index in [0.29, 0.717) is 22.9 Å². The minimum atomic E-state index is -0.417. The summed E-state index contributed by atoms with van der Waals surface area (Å²) in [4.78, 5) is 12.6. The lowest BCUT2D eigenvalue weighted by atomic mass is 10.2. The van der Waals surface area contributed by atoms with Crippen LogP contribution in [0, 0.1) is 10.1 Å². The van der Waals surface area contributed by atoms with E-state index in [1.54, 1.807) is 6.07 Å². The van der Waals surface area contributed by atoms with Crippen LogP contribution in [0.1, 0.15) is 12.8 Å². The SMILES string of the molecule is CN1CCC[C@H]1COc1cc(Br)cc([N+](=O)[O-])c1. The Balaban J connectivity index is 2.02. The molecule has 0 saturated carbocycles. The van der Waals surface area contributed by atoms with E-state index in [1.807, 2.05) is 0 Å². The first-order valence-electron chi connectivity index (χ1n) is 5.84. The van der Waals surface area contributed by atoms with Crippen molar-refractivity contribution in [2.45, 2.75) is 18.9 Å². The van der Waals surface area contributed by atoms with Gasteiger partial charge in [0, 0.05) is 16.6 Å². The highest BCUT2D eigenvalue weighted by Gasteiger charge is 2.21. The molecule has 0 aromatic heterocycles. The van der Waals surface area contributed by atoms with E-state index >= 15 is 0 Å². The van der Waals surface area contributed by atoms with Gasteiger partial charge in [0.05, 0.1) is 11.0 Å². The molecule has 0 radical (unpaired) electrons. The predicted octanol–water partition coefficient (Wildman–Crippen LogP) is 2.83. The average Bonchev–Trinajstić information content (AvgIpc) is 2.71. The maximum atomic E-state index is 10.7. The van der Waals surface area contributed by atoms with Gasteiger partial charge in [-0.25, -0.2) is 0 Å². The van der Waals surface area contributed by atoms with Crippen molar-refractivity contribution >= 4 is 21.6 Å². The number of hydrogen-bond donors (Lipinski definition) is 0.